The molecule has 0 spiro atoms. The molecular weight excluding hydrogens is 328 g/mol. The Bertz CT molecular complexity index is 648. The maximum Gasteiger partial charge on any atom is 0.273 e. The zero-order chi connectivity index (χ0) is 15.7. The number of hydrogen-bond acceptors (Lipinski definition) is 5. The summed E-state index contributed by atoms with van der Waals surface area (Å²) in [6.07, 6.45) is 7.00. The van der Waals surface area contributed by atoms with Crippen LogP contribution in [-0.2, 0) is 10.2 Å². The minimum atomic E-state index is -0.274. The molecule has 0 bridgehead atoms. The normalized spacial score (nSPS) is 23.3. The van der Waals surface area contributed by atoms with Crippen LogP contribution in [0.2, 0.25) is 0 Å². The summed E-state index contributed by atoms with van der Waals surface area (Å²) in [5.41, 5.74) is -0.274. The van der Waals surface area contributed by atoms with Crippen molar-refractivity contribution < 1.29 is 9.53 Å². The number of amides is 1. The van der Waals surface area contributed by atoms with Crippen molar-refractivity contribution in [3.05, 3.63) is 34.0 Å². The van der Waals surface area contributed by atoms with E-state index < -0.39 is 0 Å². The molecule has 6 heteroatoms. The lowest BCUT2D eigenvalue weighted by molar-refractivity contribution is -0.136. The second-order valence-electron chi connectivity index (χ2n) is 6.34. The fourth-order valence-electron chi connectivity index (χ4n) is 3.82. The van der Waals surface area contributed by atoms with E-state index in [1.54, 1.807) is 17.5 Å². The van der Waals surface area contributed by atoms with E-state index in [0.29, 0.717) is 17.6 Å². The maximum absolute atomic E-state index is 13.3. The van der Waals surface area contributed by atoms with Gasteiger partial charge in [-0.1, -0.05) is 30.2 Å². The summed E-state index contributed by atoms with van der Waals surface area (Å²) in [5, 5.41) is 4.71. The first-order valence-corrected chi connectivity index (χ1v) is 9.93. The van der Waals surface area contributed by atoms with Crippen LogP contribution in [0, 0.1) is 0 Å². The van der Waals surface area contributed by atoms with Gasteiger partial charge in [0.05, 0.1) is 12.0 Å². The molecule has 2 aromatic heterocycles. The largest absolute Gasteiger partial charge is 0.465 e. The molecular formula is C17H20N2O2S2. The molecule has 0 aromatic carbocycles. The summed E-state index contributed by atoms with van der Waals surface area (Å²) >= 11 is 3.23. The number of thiophene rings is 1. The number of carbonyl (C=O) groups is 1. The molecule has 2 aliphatic rings. The van der Waals surface area contributed by atoms with Crippen molar-refractivity contribution in [2.24, 2.45) is 0 Å². The molecule has 2 fully saturated rings. The van der Waals surface area contributed by atoms with Crippen LogP contribution < -0.4 is 4.74 Å². The average Bonchev–Trinajstić information content (AvgIpc) is 3.33. The summed E-state index contributed by atoms with van der Waals surface area (Å²) in [4.78, 5) is 20.7. The third-order valence-electron chi connectivity index (χ3n) is 4.97. The Labute approximate surface area is 144 Å². The summed E-state index contributed by atoms with van der Waals surface area (Å²) in [6.45, 7) is 1.48. The average molecular weight is 348 g/mol. The van der Waals surface area contributed by atoms with Gasteiger partial charge >= 0.3 is 0 Å². The topological polar surface area (TPSA) is 42.4 Å². The fourth-order valence-corrected chi connectivity index (χ4v) is 5.35. The van der Waals surface area contributed by atoms with Gasteiger partial charge < -0.3 is 9.64 Å². The number of aromatic nitrogens is 1. The quantitative estimate of drug-likeness (QED) is 0.846. The molecule has 0 radical (unpaired) electrons. The number of thiazole rings is 1. The Balaban J connectivity index is 1.48. The number of ether oxygens (including phenoxy) is 1. The summed E-state index contributed by atoms with van der Waals surface area (Å²) in [7, 11) is 0. The minimum absolute atomic E-state index is 0.0758. The van der Waals surface area contributed by atoms with Crippen LogP contribution in [0.4, 0.5) is 0 Å². The van der Waals surface area contributed by atoms with E-state index in [1.807, 2.05) is 10.3 Å². The van der Waals surface area contributed by atoms with E-state index in [4.69, 9.17) is 4.74 Å². The third kappa shape index (κ3) is 2.78. The second kappa shape index (κ2) is 6.24. The van der Waals surface area contributed by atoms with Gasteiger partial charge in [0.1, 0.15) is 6.10 Å². The summed E-state index contributed by atoms with van der Waals surface area (Å²) in [5.74, 6) is 0.308. The Morgan fingerprint density at radius 3 is 2.87 bits per heavy atom. The lowest BCUT2D eigenvalue weighted by Gasteiger charge is -2.31. The molecule has 1 saturated heterocycles. The predicted molar refractivity (Wildman–Crippen MR) is 92.2 cm³/mol. The number of nitrogens with zero attached hydrogens (tertiary/aromatic N) is 2. The van der Waals surface area contributed by atoms with E-state index in [2.05, 4.69) is 22.5 Å². The van der Waals surface area contributed by atoms with Crippen LogP contribution in [0.5, 0.6) is 5.19 Å². The fraction of sp³-hybridized carbons (Fsp3) is 0.529. The number of carbonyl (C=O) groups excluding carboxylic acids is 1. The molecule has 1 amide bonds. The highest BCUT2D eigenvalue weighted by Crippen LogP contribution is 2.45. The smallest absolute Gasteiger partial charge is 0.273 e. The van der Waals surface area contributed by atoms with Crippen LogP contribution in [0.25, 0.3) is 0 Å². The first-order chi connectivity index (χ1) is 11.3. The van der Waals surface area contributed by atoms with Crippen molar-refractivity contribution in [1.82, 2.24) is 9.88 Å². The Morgan fingerprint density at radius 2 is 2.17 bits per heavy atom. The molecule has 1 aliphatic carbocycles. The molecule has 122 valence electrons. The van der Waals surface area contributed by atoms with Gasteiger partial charge in [0.2, 0.25) is 5.91 Å². The SMILES string of the molecule is O=C(N1CCC(Oc2nccs2)C1)C1(c2cccs2)CCCC1. The standard InChI is InChI=1S/C17H20N2O2S2/c20-15(17(6-1-2-7-17)14-4-3-10-22-14)19-9-5-13(12-19)21-16-18-8-11-23-16/h3-4,8,10-11,13H,1-2,5-7,9,12H2. The van der Waals surface area contributed by atoms with Gasteiger partial charge in [-0.3, -0.25) is 4.79 Å². The first kappa shape index (κ1) is 15.1. The van der Waals surface area contributed by atoms with Gasteiger partial charge in [0.15, 0.2) is 0 Å². The van der Waals surface area contributed by atoms with Gasteiger partial charge in [0.25, 0.3) is 5.19 Å². The van der Waals surface area contributed by atoms with Crippen molar-refractivity contribution in [2.45, 2.75) is 43.6 Å². The van der Waals surface area contributed by atoms with E-state index in [0.717, 1.165) is 38.6 Å². The highest BCUT2D eigenvalue weighted by atomic mass is 32.1. The van der Waals surface area contributed by atoms with Crippen LogP contribution in [0.15, 0.2) is 29.1 Å². The lowest BCUT2D eigenvalue weighted by atomic mass is 9.83. The molecule has 1 saturated carbocycles. The summed E-state index contributed by atoms with van der Waals surface area (Å²) in [6, 6.07) is 4.19. The third-order valence-corrected chi connectivity index (χ3v) is 6.70. The Morgan fingerprint density at radius 1 is 1.30 bits per heavy atom. The molecule has 1 atom stereocenters. The van der Waals surface area contributed by atoms with Gasteiger partial charge in [-0.2, -0.15) is 0 Å². The van der Waals surface area contributed by atoms with Crippen LogP contribution >= 0.6 is 22.7 Å². The highest BCUT2D eigenvalue weighted by Gasteiger charge is 2.47. The number of likely N-dealkylation sites (tertiary alicyclic amines) is 1. The molecule has 23 heavy (non-hydrogen) atoms. The van der Waals surface area contributed by atoms with Crippen molar-refractivity contribution in [3.63, 3.8) is 0 Å². The lowest BCUT2D eigenvalue weighted by Crippen LogP contribution is -2.44. The molecule has 4 rings (SSSR count). The van der Waals surface area contributed by atoms with E-state index >= 15 is 0 Å². The predicted octanol–water partition coefficient (Wildman–Crippen LogP) is 3.70. The summed E-state index contributed by atoms with van der Waals surface area (Å²) < 4.78 is 5.90. The van der Waals surface area contributed by atoms with Crippen molar-refractivity contribution >= 4 is 28.6 Å². The Kier molecular flexibility index (Phi) is 4.11. The first-order valence-electron chi connectivity index (χ1n) is 8.17. The molecule has 1 unspecified atom stereocenters. The van der Waals surface area contributed by atoms with E-state index in [1.165, 1.54) is 16.2 Å². The highest BCUT2D eigenvalue weighted by molar-refractivity contribution is 7.11. The minimum Gasteiger partial charge on any atom is -0.465 e. The second-order valence-corrected chi connectivity index (χ2v) is 8.15. The molecule has 0 N–H and O–H groups in total. The number of hydrogen-bond donors (Lipinski definition) is 0. The van der Waals surface area contributed by atoms with E-state index in [-0.39, 0.29) is 11.5 Å². The van der Waals surface area contributed by atoms with Crippen molar-refractivity contribution in [3.8, 4) is 5.19 Å². The molecule has 4 nitrogen and oxygen atoms in total. The van der Waals surface area contributed by atoms with Crippen LogP contribution in [0.3, 0.4) is 0 Å². The van der Waals surface area contributed by atoms with Gasteiger partial charge in [0, 0.05) is 29.4 Å². The molecule has 1 aliphatic heterocycles. The van der Waals surface area contributed by atoms with Gasteiger partial charge in [-0.15, -0.1) is 11.3 Å². The molecule has 2 aromatic rings. The monoisotopic (exact) mass is 348 g/mol. The van der Waals surface area contributed by atoms with Crippen LogP contribution in [0.1, 0.15) is 37.0 Å². The van der Waals surface area contributed by atoms with Gasteiger partial charge in [-0.25, -0.2) is 4.98 Å². The van der Waals surface area contributed by atoms with Crippen LogP contribution in [-0.4, -0.2) is 35.0 Å². The van der Waals surface area contributed by atoms with Crippen molar-refractivity contribution in [1.29, 1.82) is 0 Å². The van der Waals surface area contributed by atoms with Crippen molar-refractivity contribution in [2.75, 3.05) is 13.1 Å². The Hall–Kier alpha value is -1.40. The van der Waals surface area contributed by atoms with E-state index in [9.17, 15) is 4.79 Å². The number of rotatable bonds is 4. The molecule has 3 heterocycles. The zero-order valence-corrected chi connectivity index (χ0v) is 14.6. The maximum atomic E-state index is 13.3. The van der Waals surface area contributed by atoms with Gasteiger partial charge in [-0.05, 0) is 24.3 Å². The zero-order valence-electron chi connectivity index (χ0n) is 12.9.